The maximum Gasteiger partial charge on any atom is 0.156 e. The molecular formula is C18H22O2. The summed E-state index contributed by atoms with van der Waals surface area (Å²) in [4.78, 5) is 23.9. The molecule has 0 aromatic rings. The molecular weight excluding hydrogens is 248 g/mol. The number of fused-ring (bicyclic) bond motifs is 4. The molecule has 0 saturated heterocycles. The minimum absolute atomic E-state index is 0.0412. The molecule has 20 heavy (non-hydrogen) atoms. The second-order valence-electron chi connectivity index (χ2n) is 7.27. The highest BCUT2D eigenvalue weighted by Crippen LogP contribution is 2.58. The van der Waals surface area contributed by atoms with Crippen molar-refractivity contribution in [2.45, 2.75) is 58.3 Å². The first-order valence-electron chi connectivity index (χ1n) is 8.08. The highest BCUT2D eigenvalue weighted by atomic mass is 16.1. The number of carbonyl (C=O) groups is 2. The van der Waals surface area contributed by atoms with Gasteiger partial charge in [0.2, 0.25) is 0 Å². The standard InChI is InChI=1S/C18H22O2/c1-18-9-8-14-13-5-3-12(19)10-11(13)2-4-15(14)16(18)6-7-17(18)20/h10,15-16H,2-9H2,1H3/t15-,16+,18+/m0/s1. The summed E-state index contributed by atoms with van der Waals surface area (Å²) in [5.41, 5.74) is 4.40. The van der Waals surface area contributed by atoms with Crippen LogP contribution in [0.15, 0.2) is 22.8 Å². The fourth-order valence-corrected chi connectivity index (χ4v) is 5.30. The zero-order valence-corrected chi connectivity index (χ0v) is 12.2. The molecule has 2 nitrogen and oxygen atoms in total. The van der Waals surface area contributed by atoms with Crippen molar-refractivity contribution < 1.29 is 9.59 Å². The number of allylic oxidation sites excluding steroid dienone is 4. The van der Waals surface area contributed by atoms with Crippen LogP contribution < -0.4 is 0 Å². The molecule has 0 amide bonds. The highest BCUT2D eigenvalue weighted by Gasteiger charge is 2.53. The number of hydrogen-bond acceptors (Lipinski definition) is 2. The van der Waals surface area contributed by atoms with Crippen LogP contribution in [0.5, 0.6) is 0 Å². The molecule has 0 aromatic carbocycles. The second-order valence-corrected chi connectivity index (χ2v) is 7.27. The Morgan fingerprint density at radius 1 is 1.05 bits per heavy atom. The van der Waals surface area contributed by atoms with Crippen molar-refractivity contribution in [2.24, 2.45) is 17.3 Å². The zero-order valence-electron chi connectivity index (χ0n) is 12.2. The van der Waals surface area contributed by atoms with E-state index in [2.05, 4.69) is 6.92 Å². The third-order valence-corrected chi connectivity index (χ3v) is 6.44. The van der Waals surface area contributed by atoms with Crippen molar-refractivity contribution in [2.75, 3.05) is 0 Å². The van der Waals surface area contributed by atoms with Gasteiger partial charge in [-0.15, -0.1) is 0 Å². The molecule has 4 rings (SSSR count). The third-order valence-electron chi connectivity index (χ3n) is 6.44. The van der Waals surface area contributed by atoms with Gasteiger partial charge in [-0.05, 0) is 67.6 Å². The summed E-state index contributed by atoms with van der Waals surface area (Å²) >= 11 is 0. The topological polar surface area (TPSA) is 34.1 Å². The summed E-state index contributed by atoms with van der Waals surface area (Å²) in [7, 11) is 0. The maximum atomic E-state index is 12.3. The lowest BCUT2D eigenvalue weighted by atomic mass is 9.57. The Morgan fingerprint density at radius 3 is 2.75 bits per heavy atom. The van der Waals surface area contributed by atoms with Gasteiger partial charge in [0.25, 0.3) is 0 Å². The molecule has 0 spiro atoms. The van der Waals surface area contributed by atoms with Crippen LogP contribution in [0.1, 0.15) is 58.3 Å². The van der Waals surface area contributed by atoms with Crippen LogP contribution in [0.3, 0.4) is 0 Å². The molecule has 0 aliphatic heterocycles. The Bertz CT molecular complexity index is 566. The van der Waals surface area contributed by atoms with E-state index >= 15 is 0 Å². The van der Waals surface area contributed by atoms with Gasteiger partial charge < -0.3 is 0 Å². The smallest absolute Gasteiger partial charge is 0.156 e. The van der Waals surface area contributed by atoms with E-state index in [-0.39, 0.29) is 5.41 Å². The van der Waals surface area contributed by atoms with Crippen LogP contribution in [0.25, 0.3) is 0 Å². The van der Waals surface area contributed by atoms with Gasteiger partial charge in [0, 0.05) is 18.3 Å². The summed E-state index contributed by atoms with van der Waals surface area (Å²) in [5.74, 6) is 2.01. The molecule has 4 aliphatic rings. The minimum atomic E-state index is -0.0412. The number of hydrogen-bond donors (Lipinski definition) is 0. The Balaban J connectivity index is 1.76. The Kier molecular flexibility index (Phi) is 2.61. The third kappa shape index (κ3) is 1.57. The lowest BCUT2D eigenvalue weighted by Crippen LogP contribution is -2.40. The highest BCUT2D eigenvalue weighted by molar-refractivity contribution is 5.93. The summed E-state index contributed by atoms with van der Waals surface area (Å²) in [6.07, 6.45) is 9.76. The van der Waals surface area contributed by atoms with Gasteiger partial charge >= 0.3 is 0 Å². The summed E-state index contributed by atoms with van der Waals surface area (Å²) in [6, 6.07) is 0. The predicted molar refractivity (Wildman–Crippen MR) is 77.1 cm³/mol. The maximum absolute atomic E-state index is 12.3. The van der Waals surface area contributed by atoms with Crippen LogP contribution >= 0.6 is 0 Å². The quantitative estimate of drug-likeness (QED) is 0.671. The van der Waals surface area contributed by atoms with Crippen molar-refractivity contribution in [3.8, 4) is 0 Å². The number of ketones is 2. The van der Waals surface area contributed by atoms with E-state index in [9.17, 15) is 9.59 Å². The molecule has 4 aliphatic carbocycles. The Hall–Kier alpha value is -1.18. The summed E-state index contributed by atoms with van der Waals surface area (Å²) in [6.45, 7) is 2.21. The Morgan fingerprint density at radius 2 is 1.90 bits per heavy atom. The fraction of sp³-hybridized carbons (Fsp3) is 0.667. The van der Waals surface area contributed by atoms with Crippen molar-refractivity contribution in [1.29, 1.82) is 0 Å². The van der Waals surface area contributed by atoms with E-state index in [0.717, 1.165) is 44.9 Å². The van der Waals surface area contributed by atoms with Gasteiger partial charge in [-0.3, -0.25) is 9.59 Å². The first-order valence-corrected chi connectivity index (χ1v) is 8.08. The first kappa shape index (κ1) is 12.6. The van der Waals surface area contributed by atoms with Crippen molar-refractivity contribution in [3.63, 3.8) is 0 Å². The minimum Gasteiger partial charge on any atom is -0.299 e. The molecule has 106 valence electrons. The SMILES string of the molecule is C[C@@]12CCC3=C4CCC(=O)C=C4CC[C@@H]3[C@H]1CCC2=O. The van der Waals surface area contributed by atoms with E-state index in [0.29, 0.717) is 29.8 Å². The fourth-order valence-electron chi connectivity index (χ4n) is 5.30. The number of Topliss-reactive ketones (excluding diaryl/α,β-unsaturated/α-hetero) is 1. The van der Waals surface area contributed by atoms with Gasteiger partial charge in [0.15, 0.2) is 5.78 Å². The van der Waals surface area contributed by atoms with E-state index in [1.807, 2.05) is 6.08 Å². The average molecular weight is 270 g/mol. The van der Waals surface area contributed by atoms with Gasteiger partial charge in [0.05, 0.1) is 0 Å². The molecule has 0 radical (unpaired) electrons. The molecule has 2 heteroatoms. The van der Waals surface area contributed by atoms with Crippen LogP contribution in [-0.4, -0.2) is 11.6 Å². The van der Waals surface area contributed by atoms with Crippen LogP contribution in [0.4, 0.5) is 0 Å². The first-order chi connectivity index (χ1) is 9.59. The van der Waals surface area contributed by atoms with Crippen molar-refractivity contribution >= 4 is 11.6 Å². The summed E-state index contributed by atoms with van der Waals surface area (Å²) in [5, 5.41) is 0. The molecule has 0 unspecified atom stereocenters. The molecule has 2 saturated carbocycles. The monoisotopic (exact) mass is 270 g/mol. The van der Waals surface area contributed by atoms with Crippen LogP contribution in [0.2, 0.25) is 0 Å². The lowest BCUT2D eigenvalue weighted by Gasteiger charge is -2.46. The average Bonchev–Trinajstić information content (AvgIpc) is 2.74. The molecule has 0 bridgehead atoms. The summed E-state index contributed by atoms with van der Waals surface area (Å²) < 4.78 is 0. The molecule has 0 heterocycles. The van der Waals surface area contributed by atoms with Crippen molar-refractivity contribution in [1.82, 2.24) is 0 Å². The predicted octanol–water partition coefficient (Wildman–Crippen LogP) is 3.76. The van der Waals surface area contributed by atoms with Gasteiger partial charge in [-0.25, -0.2) is 0 Å². The largest absolute Gasteiger partial charge is 0.299 e. The van der Waals surface area contributed by atoms with E-state index in [4.69, 9.17) is 0 Å². The lowest BCUT2D eigenvalue weighted by molar-refractivity contribution is -0.128. The number of rotatable bonds is 0. The molecule has 3 atom stereocenters. The normalized spacial score (nSPS) is 40.1. The van der Waals surface area contributed by atoms with E-state index in [1.165, 1.54) is 11.1 Å². The van der Waals surface area contributed by atoms with Crippen LogP contribution in [-0.2, 0) is 9.59 Å². The zero-order chi connectivity index (χ0) is 13.9. The van der Waals surface area contributed by atoms with Gasteiger partial charge in [-0.2, -0.15) is 0 Å². The van der Waals surface area contributed by atoms with Crippen molar-refractivity contribution in [3.05, 3.63) is 22.8 Å². The molecule has 0 N–H and O–H groups in total. The molecule has 2 fully saturated rings. The van der Waals surface area contributed by atoms with E-state index < -0.39 is 0 Å². The number of carbonyl (C=O) groups excluding carboxylic acids is 2. The van der Waals surface area contributed by atoms with E-state index in [1.54, 1.807) is 5.57 Å². The van der Waals surface area contributed by atoms with Crippen LogP contribution in [0, 0.1) is 17.3 Å². The second kappa shape index (κ2) is 4.16. The molecule has 0 aromatic heterocycles. The van der Waals surface area contributed by atoms with Gasteiger partial charge in [0.1, 0.15) is 5.78 Å². The van der Waals surface area contributed by atoms with Gasteiger partial charge in [-0.1, -0.05) is 12.5 Å². The Labute approximate surface area is 120 Å².